The third-order valence-corrected chi connectivity index (χ3v) is 4.08. The van der Waals surface area contributed by atoms with Crippen molar-refractivity contribution in [3.8, 4) is 0 Å². The van der Waals surface area contributed by atoms with Crippen molar-refractivity contribution in [2.24, 2.45) is 0 Å². The Bertz CT molecular complexity index is 673. The zero-order valence-corrected chi connectivity index (χ0v) is 15.3. The van der Waals surface area contributed by atoms with Crippen molar-refractivity contribution in [2.45, 2.75) is 32.1 Å². The number of hydrogen-bond donors (Lipinski definition) is 3. The molecule has 5 heteroatoms. The lowest BCUT2D eigenvalue weighted by Crippen LogP contribution is -2.14. The summed E-state index contributed by atoms with van der Waals surface area (Å²) >= 11 is 0. The van der Waals surface area contributed by atoms with Crippen molar-refractivity contribution < 1.29 is 19.8 Å². The van der Waals surface area contributed by atoms with Gasteiger partial charge in [-0.3, -0.25) is 0 Å². The van der Waals surface area contributed by atoms with Gasteiger partial charge in [0, 0.05) is 0 Å². The topological polar surface area (TPSA) is 86.6 Å². The fourth-order valence-corrected chi connectivity index (χ4v) is 2.69. The molecule has 0 amide bonds. The zero-order valence-electron chi connectivity index (χ0n) is 15.3. The highest BCUT2D eigenvalue weighted by Gasteiger charge is 2.12. The molecule has 0 bridgehead atoms. The molecule has 5 nitrogen and oxygen atoms in total. The number of nitrogens with one attached hydrogen (secondary N) is 1. The summed E-state index contributed by atoms with van der Waals surface area (Å²) in [5.41, 5.74) is 4.34. The Hall–Kier alpha value is -2.66. The van der Waals surface area contributed by atoms with Crippen LogP contribution in [-0.2, 0) is 22.4 Å². The number of carbonyl (C=O) groups is 2. The van der Waals surface area contributed by atoms with Crippen molar-refractivity contribution in [1.29, 1.82) is 0 Å². The maximum Gasteiger partial charge on any atom is 0.414 e. The standard InChI is InChI=1S/C19H25N.C2H2O4/c1-3-16-8-7-9-17(14-16)15-19(12-13-20-2)18-10-5-4-6-11-18;3-1(4)2(5)6/h4-11,14,19-20H,3,12-13,15H2,1-2H3;(H,3,4)(H,5,6). The van der Waals surface area contributed by atoms with E-state index in [0.29, 0.717) is 5.92 Å². The Morgan fingerprint density at radius 2 is 1.58 bits per heavy atom. The normalized spacial score (nSPS) is 11.2. The summed E-state index contributed by atoms with van der Waals surface area (Å²) in [4.78, 5) is 18.2. The summed E-state index contributed by atoms with van der Waals surface area (Å²) in [5.74, 6) is -3.05. The van der Waals surface area contributed by atoms with Crippen LogP contribution in [0, 0.1) is 0 Å². The molecular weight excluding hydrogens is 330 g/mol. The van der Waals surface area contributed by atoms with E-state index < -0.39 is 11.9 Å². The minimum Gasteiger partial charge on any atom is -0.473 e. The number of carboxylic acid groups (broad SMARTS) is 2. The van der Waals surface area contributed by atoms with Gasteiger partial charge < -0.3 is 15.5 Å². The third kappa shape index (κ3) is 7.94. The minimum atomic E-state index is -1.82. The first kappa shape index (κ1) is 21.4. The molecule has 1 atom stereocenters. The van der Waals surface area contributed by atoms with E-state index in [9.17, 15) is 0 Å². The zero-order chi connectivity index (χ0) is 19.4. The number of benzene rings is 2. The first-order valence-electron chi connectivity index (χ1n) is 8.71. The average Bonchev–Trinajstić information content (AvgIpc) is 2.66. The van der Waals surface area contributed by atoms with Crippen LogP contribution in [0.1, 0.15) is 36.0 Å². The van der Waals surface area contributed by atoms with Crippen LogP contribution in [0.15, 0.2) is 54.6 Å². The van der Waals surface area contributed by atoms with E-state index in [4.69, 9.17) is 19.8 Å². The van der Waals surface area contributed by atoms with Crippen molar-refractivity contribution in [3.63, 3.8) is 0 Å². The molecule has 3 N–H and O–H groups in total. The van der Waals surface area contributed by atoms with Crippen molar-refractivity contribution >= 4 is 11.9 Å². The Morgan fingerprint density at radius 1 is 0.962 bits per heavy atom. The molecule has 0 fully saturated rings. The molecule has 2 aromatic carbocycles. The van der Waals surface area contributed by atoms with Gasteiger partial charge >= 0.3 is 11.9 Å². The first-order valence-corrected chi connectivity index (χ1v) is 8.71. The molecule has 1 unspecified atom stereocenters. The van der Waals surface area contributed by atoms with Crippen molar-refractivity contribution in [1.82, 2.24) is 5.32 Å². The number of carboxylic acids is 2. The Labute approximate surface area is 154 Å². The Kier molecular flexibility index (Phi) is 9.72. The second kappa shape index (κ2) is 11.8. The molecule has 0 saturated carbocycles. The van der Waals surface area contributed by atoms with E-state index in [0.717, 1.165) is 19.4 Å². The van der Waals surface area contributed by atoms with Crippen LogP contribution in [0.5, 0.6) is 0 Å². The third-order valence-electron chi connectivity index (χ3n) is 4.08. The van der Waals surface area contributed by atoms with Crippen LogP contribution in [0.2, 0.25) is 0 Å². The van der Waals surface area contributed by atoms with Crippen LogP contribution in [0.3, 0.4) is 0 Å². The number of hydrogen-bond acceptors (Lipinski definition) is 3. The molecule has 2 rings (SSSR count). The molecular formula is C21H27NO4. The maximum atomic E-state index is 9.10. The summed E-state index contributed by atoms with van der Waals surface area (Å²) in [5, 5.41) is 18.1. The number of aryl methyl sites for hydroxylation is 1. The van der Waals surface area contributed by atoms with E-state index >= 15 is 0 Å². The molecule has 0 radical (unpaired) electrons. The van der Waals surface area contributed by atoms with Gasteiger partial charge in [0.05, 0.1) is 0 Å². The Balaban J connectivity index is 0.000000487. The fraction of sp³-hybridized carbons (Fsp3) is 0.333. The molecule has 0 aliphatic heterocycles. The van der Waals surface area contributed by atoms with Crippen LogP contribution in [0.4, 0.5) is 0 Å². The van der Waals surface area contributed by atoms with Crippen LogP contribution in [-0.4, -0.2) is 35.7 Å². The lowest BCUT2D eigenvalue weighted by Gasteiger charge is -2.18. The number of aliphatic carboxylic acids is 2. The maximum absolute atomic E-state index is 9.10. The minimum absolute atomic E-state index is 0.593. The van der Waals surface area contributed by atoms with E-state index in [-0.39, 0.29) is 0 Å². The quantitative estimate of drug-likeness (QED) is 0.662. The smallest absolute Gasteiger partial charge is 0.414 e. The van der Waals surface area contributed by atoms with E-state index in [1.165, 1.54) is 23.1 Å². The average molecular weight is 357 g/mol. The van der Waals surface area contributed by atoms with Gasteiger partial charge in [0.2, 0.25) is 0 Å². The first-order chi connectivity index (χ1) is 12.5. The van der Waals surface area contributed by atoms with Gasteiger partial charge in [-0.15, -0.1) is 0 Å². The monoisotopic (exact) mass is 357 g/mol. The van der Waals surface area contributed by atoms with Gasteiger partial charge in [-0.05, 0) is 55.5 Å². The molecule has 0 aliphatic carbocycles. The summed E-state index contributed by atoms with van der Waals surface area (Å²) < 4.78 is 0. The Morgan fingerprint density at radius 3 is 2.12 bits per heavy atom. The van der Waals surface area contributed by atoms with Crippen molar-refractivity contribution in [3.05, 3.63) is 71.3 Å². The highest BCUT2D eigenvalue weighted by molar-refractivity contribution is 6.27. The molecule has 0 heterocycles. The van der Waals surface area contributed by atoms with Gasteiger partial charge in [-0.1, -0.05) is 61.5 Å². The summed E-state index contributed by atoms with van der Waals surface area (Å²) in [6.07, 6.45) is 3.41. The lowest BCUT2D eigenvalue weighted by atomic mass is 9.88. The molecule has 0 spiro atoms. The summed E-state index contributed by atoms with van der Waals surface area (Å²) in [7, 11) is 2.03. The van der Waals surface area contributed by atoms with E-state index in [1.54, 1.807) is 0 Å². The lowest BCUT2D eigenvalue weighted by molar-refractivity contribution is -0.159. The SMILES string of the molecule is CCc1cccc(CC(CCNC)c2ccccc2)c1.O=C(O)C(=O)O. The summed E-state index contributed by atoms with van der Waals surface area (Å²) in [6.45, 7) is 3.28. The molecule has 26 heavy (non-hydrogen) atoms. The predicted molar refractivity (Wildman–Crippen MR) is 103 cm³/mol. The predicted octanol–water partition coefficient (Wildman–Crippen LogP) is 3.34. The highest BCUT2D eigenvalue weighted by Crippen LogP contribution is 2.24. The van der Waals surface area contributed by atoms with E-state index in [2.05, 4.69) is 66.8 Å². The molecule has 0 saturated heterocycles. The fourth-order valence-electron chi connectivity index (χ4n) is 2.69. The van der Waals surface area contributed by atoms with Gasteiger partial charge in [-0.25, -0.2) is 9.59 Å². The number of rotatable bonds is 7. The van der Waals surface area contributed by atoms with Crippen molar-refractivity contribution in [2.75, 3.05) is 13.6 Å². The van der Waals surface area contributed by atoms with Gasteiger partial charge in [-0.2, -0.15) is 0 Å². The van der Waals surface area contributed by atoms with Crippen LogP contribution < -0.4 is 5.32 Å². The van der Waals surface area contributed by atoms with E-state index in [1.807, 2.05) is 7.05 Å². The van der Waals surface area contributed by atoms with Gasteiger partial charge in [0.1, 0.15) is 0 Å². The second-order valence-electron chi connectivity index (χ2n) is 5.99. The summed E-state index contributed by atoms with van der Waals surface area (Å²) in [6, 6.07) is 19.9. The molecule has 2 aromatic rings. The van der Waals surface area contributed by atoms with Crippen LogP contribution >= 0.6 is 0 Å². The van der Waals surface area contributed by atoms with Gasteiger partial charge in [0.25, 0.3) is 0 Å². The molecule has 0 aliphatic rings. The van der Waals surface area contributed by atoms with Crippen LogP contribution in [0.25, 0.3) is 0 Å². The molecule has 0 aromatic heterocycles. The highest BCUT2D eigenvalue weighted by atomic mass is 16.4. The van der Waals surface area contributed by atoms with Gasteiger partial charge in [0.15, 0.2) is 0 Å². The molecule has 140 valence electrons. The second-order valence-corrected chi connectivity index (χ2v) is 5.99. The largest absolute Gasteiger partial charge is 0.473 e.